The van der Waals surface area contributed by atoms with E-state index in [0.717, 1.165) is 19.3 Å². The summed E-state index contributed by atoms with van der Waals surface area (Å²) < 4.78 is 0. The highest BCUT2D eigenvalue weighted by Gasteiger charge is 1.99. The van der Waals surface area contributed by atoms with Crippen LogP contribution < -0.4 is 0 Å². The molecule has 0 heterocycles. The molecule has 0 fully saturated rings. The molecule has 0 amide bonds. The lowest BCUT2D eigenvalue weighted by atomic mass is 10.00. The van der Waals surface area contributed by atoms with Gasteiger partial charge < -0.3 is 0 Å². The van der Waals surface area contributed by atoms with Gasteiger partial charge in [-0.2, -0.15) is 0 Å². The predicted octanol–water partition coefficient (Wildman–Crippen LogP) is 8.19. The molecule has 0 unspecified atom stereocenters. The van der Waals surface area contributed by atoms with Crippen LogP contribution in [0.1, 0.15) is 87.5 Å². The molecule has 0 aromatic heterocycles. The number of rotatable bonds is 13. The molecule has 0 atom stereocenters. The van der Waals surface area contributed by atoms with Gasteiger partial charge in [0.2, 0.25) is 0 Å². The Kier molecular flexibility index (Phi) is 10.6. The Labute approximate surface area is 167 Å². The summed E-state index contributed by atoms with van der Waals surface area (Å²) in [6.07, 6.45) is 18.6. The summed E-state index contributed by atoms with van der Waals surface area (Å²) in [7, 11) is 0. The molecule has 0 bridgehead atoms. The summed E-state index contributed by atoms with van der Waals surface area (Å²) in [4.78, 5) is 0. The van der Waals surface area contributed by atoms with Gasteiger partial charge in [0.05, 0.1) is 0 Å². The Balaban J connectivity index is 1.70. The topological polar surface area (TPSA) is 0 Å². The minimum absolute atomic E-state index is 1.12. The molecule has 146 valence electrons. The van der Waals surface area contributed by atoms with Gasteiger partial charge in [-0.1, -0.05) is 113 Å². The molecule has 2 aromatic rings. The Hall–Kier alpha value is -1.82. The van der Waals surface area contributed by atoms with Crippen LogP contribution in [0.2, 0.25) is 0 Å². The SMILES string of the molecule is CCC/C=C/c1ccc(CCc2ccc(CCCCCCCC)cc2)cc1. The van der Waals surface area contributed by atoms with E-state index in [9.17, 15) is 0 Å². The van der Waals surface area contributed by atoms with Crippen molar-refractivity contribution in [3.8, 4) is 0 Å². The lowest BCUT2D eigenvalue weighted by Crippen LogP contribution is -1.93. The van der Waals surface area contributed by atoms with E-state index in [1.165, 1.54) is 73.6 Å². The number of hydrogen-bond donors (Lipinski definition) is 0. The van der Waals surface area contributed by atoms with Crippen molar-refractivity contribution < 1.29 is 0 Å². The maximum absolute atomic E-state index is 2.34. The predicted molar refractivity (Wildman–Crippen MR) is 121 cm³/mol. The fraction of sp³-hybridized carbons (Fsp3) is 0.481. The first-order valence-corrected chi connectivity index (χ1v) is 11.1. The summed E-state index contributed by atoms with van der Waals surface area (Å²) in [6, 6.07) is 18.4. The van der Waals surface area contributed by atoms with E-state index in [0.29, 0.717) is 0 Å². The summed E-state index contributed by atoms with van der Waals surface area (Å²) in [5, 5.41) is 0. The lowest BCUT2D eigenvalue weighted by molar-refractivity contribution is 0.607. The molecular formula is C27H38. The van der Waals surface area contributed by atoms with Gasteiger partial charge >= 0.3 is 0 Å². The largest absolute Gasteiger partial charge is 0.0840 e. The maximum Gasteiger partial charge on any atom is -0.0238 e. The molecule has 2 rings (SSSR count). The van der Waals surface area contributed by atoms with Gasteiger partial charge in [-0.3, -0.25) is 0 Å². The van der Waals surface area contributed by atoms with E-state index < -0.39 is 0 Å². The van der Waals surface area contributed by atoms with E-state index in [1.54, 1.807) is 0 Å². The van der Waals surface area contributed by atoms with E-state index in [2.05, 4.69) is 74.5 Å². The molecule has 0 nitrogen and oxygen atoms in total. The van der Waals surface area contributed by atoms with Gasteiger partial charge in [0.15, 0.2) is 0 Å². The molecule has 0 aliphatic carbocycles. The fourth-order valence-corrected chi connectivity index (χ4v) is 3.45. The summed E-state index contributed by atoms with van der Waals surface area (Å²) >= 11 is 0. The highest BCUT2D eigenvalue weighted by Crippen LogP contribution is 2.14. The summed E-state index contributed by atoms with van der Waals surface area (Å²) in [5.41, 5.74) is 5.69. The summed E-state index contributed by atoms with van der Waals surface area (Å²) in [5.74, 6) is 0. The number of hydrogen-bond acceptors (Lipinski definition) is 0. The molecule has 0 saturated carbocycles. The highest BCUT2D eigenvalue weighted by molar-refractivity contribution is 5.49. The number of aryl methyl sites for hydroxylation is 3. The van der Waals surface area contributed by atoms with Gasteiger partial charge in [-0.25, -0.2) is 0 Å². The van der Waals surface area contributed by atoms with Crippen LogP contribution >= 0.6 is 0 Å². The van der Waals surface area contributed by atoms with E-state index >= 15 is 0 Å². The molecule has 0 aliphatic rings. The van der Waals surface area contributed by atoms with Crippen LogP contribution in [0.15, 0.2) is 54.6 Å². The molecule has 0 spiro atoms. The van der Waals surface area contributed by atoms with Crippen LogP contribution in [-0.2, 0) is 19.3 Å². The quantitative estimate of drug-likeness (QED) is 0.315. The van der Waals surface area contributed by atoms with Gasteiger partial charge in [-0.15, -0.1) is 0 Å². The molecule has 0 heteroatoms. The average Bonchev–Trinajstić information content (AvgIpc) is 2.71. The van der Waals surface area contributed by atoms with Gasteiger partial charge in [0.25, 0.3) is 0 Å². The molecular weight excluding hydrogens is 324 g/mol. The van der Waals surface area contributed by atoms with Crippen molar-refractivity contribution in [1.29, 1.82) is 0 Å². The minimum atomic E-state index is 1.12. The third-order valence-corrected chi connectivity index (χ3v) is 5.29. The third kappa shape index (κ3) is 9.09. The Morgan fingerprint density at radius 2 is 1.07 bits per heavy atom. The lowest BCUT2D eigenvalue weighted by Gasteiger charge is -2.06. The minimum Gasteiger partial charge on any atom is -0.0840 e. The average molecular weight is 363 g/mol. The van der Waals surface area contributed by atoms with Crippen molar-refractivity contribution >= 4 is 6.08 Å². The monoisotopic (exact) mass is 362 g/mol. The van der Waals surface area contributed by atoms with Crippen molar-refractivity contribution in [3.05, 3.63) is 76.9 Å². The third-order valence-electron chi connectivity index (χ3n) is 5.29. The first-order chi connectivity index (χ1) is 13.3. The van der Waals surface area contributed by atoms with Gasteiger partial charge in [0.1, 0.15) is 0 Å². The van der Waals surface area contributed by atoms with E-state index in [1.807, 2.05) is 0 Å². The summed E-state index contributed by atoms with van der Waals surface area (Å²) in [6.45, 7) is 4.50. The van der Waals surface area contributed by atoms with Crippen molar-refractivity contribution in [2.24, 2.45) is 0 Å². The van der Waals surface area contributed by atoms with Crippen molar-refractivity contribution in [3.63, 3.8) is 0 Å². The van der Waals surface area contributed by atoms with Crippen molar-refractivity contribution in [2.45, 2.75) is 84.5 Å². The number of unbranched alkanes of at least 4 members (excludes halogenated alkanes) is 6. The number of benzene rings is 2. The molecule has 0 N–H and O–H groups in total. The Morgan fingerprint density at radius 1 is 0.556 bits per heavy atom. The molecule has 0 saturated heterocycles. The zero-order valence-corrected chi connectivity index (χ0v) is 17.6. The van der Waals surface area contributed by atoms with E-state index in [4.69, 9.17) is 0 Å². The van der Waals surface area contributed by atoms with Gasteiger partial charge in [-0.05, 0) is 54.4 Å². The Bertz CT molecular complexity index is 631. The molecule has 27 heavy (non-hydrogen) atoms. The molecule has 0 aliphatic heterocycles. The van der Waals surface area contributed by atoms with Crippen LogP contribution in [0.3, 0.4) is 0 Å². The highest BCUT2D eigenvalue weighted by atomic mass is 14.0. The second-order valence-corrected chi connectivity index (χ2v) is 7.77. The standard InChI is InChI=1S/C27H38/c1-3-5-7-8-9-11-13-25-16-20-27(21-17-25)23-22-26-18-14-24(15-19-26)12-10-6-4-2/h10,12,14-21H,3-9,11,13,22-23H2,1-2H3/b12-10+. The van der Waals surface area contributed by atoms with Crippen LogP contribution in [0, 0.1) is 0 Å². The number of allylic oxidation sites excluding steroid dienone is 1. The van der Waals surface area contributed by atoms with Crippen molar-refractivity contribution in [2.75, 3.05) is 0 Å². The van der Waals surface area contributed by atoms with Crippen LogP contribution in [0.4, 0.5) is 0 Å². The second kappa shape index (κ2) is 13.4. The fourth-order valence-electron chi connectivity index (χ4n) is 3.45. The molecule has 0 radical (unpaired) electrons. The van der Waals surface area contributed by atoms with Crippen LogP contribution in [0.25, 0.3) is 6.08 Å². The second-order valence-electron chi connectivity index (χ2n) is 7.77. The zero-order chi connectivity index (χ0) is 19.2. The zero-order valence-electron chi connectivity index (χ0n) is 17.6. The maximum atomic E-state index is 2.34. The van der Waals surface area contributed by atoms with Crippen LogP contribution in [-0.4, -0.2) is 0 Å². The first kappa shape index (κ1) is 21.5. The van der Waals surface area contributed by atoms with Gasteiger partial charge in [0, 0.05) is 0 Å². The smallest absolute Gasteiger partial charge is 0.0238 e. The Morgan fingerprint density at radius 3 is 1.67 bits per heavy atom. The molecule has 2 aromatic carbocycles. The van der Waals surface area contributed by atoms with Crippen molar-refractivity contribution in [1.82, 2.24) is 0 Å². The first-order valence-electron chi connectivity index (χ1n) is 11.1. The van der Waals surface area contributed by atoms with Crippen LogP contribution in [0.5, 0.6) is 0 Å². The van der Waals surface area contributed by atoms with E-state index in [-0.39, 0.29) is 0 Å². The normalized spacial score (nSPS) is 11.3.